The topological polar surface area (TPSA) is 9.23 Å². The van der Waals surface area contributed by atoms with Crippen molar-refractivity contribution >= 4 is 30.0 Å². The monoisotopic (exact) mass is 314 g/mol. The molecule has 0 unspecified atom stereocenters. The van der Waals surface area contributed by atoms with E-state index in [1.807, 2.05) is 30.3 Å². The average molecular weight is 314 g/mol. The minimum absolute atomic E-state index is 0. The summed E-state index contributed by atoms with van der Waals surface area (Å²) >= 11 is 0. The van der Waals surface area contributed by atoms with Gasteiger partial charge in [0.25, 0.3) is 0 Å². The van der Waals surface area contributed by atoms with Crippen LogP contribution in [-0.4, -0.2) is 30.5 Å². The predicted molar refractivity (Wildman–Crippen MR) is 52.3 cm³/mol. The summed E-state index contributed by atoms with van der Waals surface area (Å²) in [4.78, 5) is 0. The Bertz CT molecular complexity index is 273. The first-order valence-electron chi connectivity index (χ1n) is 3.35. The van der Waals surface area contributed by atoms with Crippen LogP contribution in [0.15, 0.2) is 30.3 Å². The van der Waals surface area contributed by atoms with Crippen LogP contribution in [-0.2, 0) is 16.5 Å². The number of benzene rings is 1. The van der Waals surface area contributed by atoms with Crippen molar-refractivity contribution in [2.45, 2.75) is 0 Å². The van der Waals surface area contributed by atoms with Crippen LogP contribution in [0.1, 0.15) is 5.56 Å². The summed E-state index contributed by atoms with van der Waals surface area (Å²) in [6.07, 6.45) is 4.10. The molecule has 0 saturated carbocycles. The Kier molecular flexibility index (Phi) is 5.68. The van der Waals surface area contributed by atoms with Crippen molar-refractivity contribution in [3.05, 3.63) is 35.9 Å². The van der Waals surface area contributed by atoms with Gasteiger partial charge in [-0.25, -0.2) is 0 Å². The van der Waals surface area contributed by atoms with Crippen LogP contribution in [0, 0.1) is 0 Å². The Morgan fingerprint density at radius 1 is 1.17 bits per heavy atom. The van der Waals surface area contributed by atoms with Crippen LogP contribution in [0.3, 0.4) is 0 Å². The van der Waals surface area contributed by atoms with E-state index in [0.29, 0.717) is 6.61 Å². The second-order valence-corrected chi connectivity index (χ2v) is 2.25. The van der Waals surface area contributed by atoms with Crippen molar-refractivity contribution in [3.63, 3.8) is 0 Å². The first-order chi connectivity index (χ1) is 4.97. The Morgan fingerprint density at radius 3 is 2.67 bits per heavy atom. The molecule has 1 heterocycles. The number of hydrogen-bond donors (Lipinski definition) is 0. The maximum atomic E-state index is 5.34. The molecular formula is C9H12NiOSn. The third-order valence-electron chi connectivity index (χ3n) is 1.55. The SMILES string of the molecule is C1=Cc2ccccc2OC1.[Ni].[SnH4]. The predicted octanol–water partition coefficient (Wildman–Crippen LogP) is 0.638. The number of para-hydroxylation sites is 1. The van der Waals surface area contributed by atoms with E-state index >= 15 is 0 Å². The molecule has 0 spiro atoms. The van der Waals surface area contributed by atoms with Gasteiger partial charge in [-0.05, 0) is 12.1 Å². The van der Waals surface area contributed by atoms with E-state index in [4.69, 9.17) is 4.74 Å². The molecule has 1 nitrogen and oxygen atoms in total. The van der Waals surface area contributed by atoms with Crippen molar-refractivity contribution in [1.82, 2.24) is 0 Å². The number of rotatable bonds is 0. The standard InChI is InChI=1S/C9H8O.Ni.Sn.4H/c1-2-6-9-8(4-1)5-3-7-10-9;;;;;;/h1-6H,7H2;;;;;;. The van der Waals surface area contributed by atoms with Crippen LogP contribution >= 0.6 is 0 Å². The van der Waals surface area contributed by atoms with Crippen molar-refractivity contribution < 1.29 is 21.2 Å². The van der Waals surface area contributed by atoms with Crippen LogP contribution in [0.2, 0.25) is 0 Å². The molecule has 0 aromatic heterocycles. The van der Waals surface area contributed by atoms with Crippen LogP contribution in [0.25, 0.3) is 6.08 Å². The summed E-state index contributed by atoms with van der Waals surface area (Å²) in [5.74, 6) is 0.991. The second-order valence-electron chi connectivity index (χ2n) is 2.25. The molecule has 0 N–H and O–H groups in total. The molecule has 1 aromatic carbocycles. The van der Waals surface area contributed by atoms with Gasteiger partial charge in [-0.1, -0.05) is 24.3 Å². The summed E-state index contributed by atoms with van der Waals surface area (Å²) in [6.45, 7) is 0.705. The van der Waals surface area contributed by atoms with Gasteiger partial charge in [0.1, 0.15) is 12.4 Å². The van der Waals surface area contributed by atoms with E-state index in [9.17, 15) is 0 Å². The zero-order valence-corrected chi connectivity index (χ0v) is 6.88. The van der Waals surface area contributed by atoms with E-state index in [0.717, 1.165) is 5.75 Å². The van der Waals surface area contributed by atoms with Crippen LogP contribution < -0.4 is 4.74 Å². The molecule has 0 aliphatic carbocycles. The van der Waals surface area contributed by atoms with E-state index in [-0.39, 0.29) is 40.4 Å². The average Bonchev–Trinajstić information content (AvgIpc) is 2.05. The van der Waals surface area contributed by atoms with Gasteiger partial charge in [0.05, 0.1) is 0 Å². The van der Waals surface area contributed by atoms with Gasteiger partial charge in [0.2, 0.25) is 0 Å². The zero-order valence-electron chi connectivity index (χ0n) is 5.90. The number of fused-ring (bicyclic) bond motifs is 1. The van der Waals surface area contributed by atoms with Crippen molar-refractivity contribution in [2.75, 3.05) is 6.61 Å². The van der Waals surface area contributed by atoms with Gasteiger partial charge in [-0.2, -0.15) is 0 Å². The third kappa shape index (κ3) is 2.53. The molecule has 0 amide bonds. The molecule has 1 aliphatic heterocycles. The van der Waals surface area contributed by atoms with Crippen molar-refractivity contribution in [1.29, 1.82) is 0 Å². The van der Waals surface area contributed by atoms with E-state index < -0.39 is 0 Å². The normalized spacial score (nSPS) is 11.7. The molecule has 0 saturated heterocycles. The van der Waals surface area contributed by atoms with Gasteiger partial charge in [0, 0.05) is 22.1 Å². The van der Waals surface area contributed by atoms with Crippen molar-refractivity contribution in [2.24, 2.45) is 0 Å². The zero-order chi connectivity index (χ0) is 6.81. The molecule has 2 rings (SSSR count). The van der Waals surface area contributed by atoms with Crippen LogP contribution in [0.5, 0.6) is 5.75 Å². The molecule has 1 aliphatic rings. The van der Waals surface area contributed by atoms with Gasteiger partial charge in [-0.3, -0.25) is 0 Å². The first kappa shape index (κ1) is 12.1. The van der Waals surface area contributed by atoms with Gasteiger partial charge < -0.3 is 4.74 Å². The van der Waals surface area contributed by atoms with E-state index in [1.165, 1.54) is 5.56 Å². The van der Waals surface area contributed by atoms with E-state index in [2.05, 4.69) is 6.08 Å². The molecular weight excluding hydrogens is 302 g/mol. The quantitative estimate of drug-likeness (QED) is 0.639. The van der Waals surface area contributed by atoms with Crippen LogP contribution in [0.4, 0.5) is 0 Å². The summed E-state index contributed by atoms with van der Waals surface area (Å²) in [6, 6.07) is 8.03. The van der Waals surface area contributed by atoms with Gasteiger partial charge >= 0.3 is 23.9 Å². The third-order valence-corrected chi connectivity index (χ3v) is 1.55. The summed E-state index contributed by atoms with van der Waals surface area (Å²) in [5, 5.41) is 0. The Morgan fingerprint density at radius 2 is 1.92 bits per heavy atom. The Labute approximate surface area is 99.1 Å². The molecule has 0 atom stereocenters. The number of ether oxygens (including phenoxy) is 1. The fourth-order valence-corrected chi connectivity index (χ4v) is 1.06. The molecule has 1 aromatic rings. The van der Waals surface area contributed by atoms with Gasteiger partial charge in [0.15, 0.2) is 0 Å². The molecule has 0 fully saturated rings. The molecule has 3 heteroatoms. The summed E-state index contributed by atoms with van der Waals surface area (Å²) in [5.41, 5.74) is 1.17. The molecule has 12 heavy (non-hydrogen) atoms. The fraction of sp³-hybridized carbons (Fsp3) is 0.111. The Hall–Kier alpha value is 0.0522. The molecule has 0 radical (unpaired) electrons. The Balaban J connectivity index is 0.000000605. The number of hydrogen-bond acceptors (Lipinski definition) is 1. The van der Waals surface area contributed by atoms with E-state index in [1.54, 1.807) is 0 Å². The fourth-order valence-electron chi connectivity index (χ4n) is 1.06. The maximum absolute atomic E-state index is 5.34. The minimum atomic E-state index is 0. The summed E-state index contributed by atoms with van der Waals surface area (Å²) in [7, 11) is 0. The molecule has 0 bridgehead atoms. The molecule has 68 valence electrons. The van der Waals surface area contributed by atoms with Gasteiger partial charge in [-0.15, -0.1) is 0 Å². The first-order valence-corrected chi connectivity index (χ1v) is 3.35. The summed E-state index contributed by atoms with van der Waals surface area (Å²) < 4.78 is 5.34. The second kappa shape index (κ2) is 5.66. The van der Waals surface area contributed by atoms with Crippen molar-refractivity contribution in [3.8, 4) is 5.75 Å².